The Morgan fingerprint density at radius 1 is 1.28 bits per heavy atom. The van der Waals surface area contributed by atoms with Crippen molar-refractivity contribution in [2.45, 2.75) is 45.6 Å². The summed E-state index contributed by atoms with van der Waals surface area (Å²) in [4.78, 5) is 16.9. The van der Waals surface area contributed by atoms with Crippen LogP contribution < -0.4 is 0 Å². The Kier molecular flexibility index (Phi) is 5.92. The zero-order chi connectivity index (χ0) is 17.8. The van der Waals surface area contributed by atoms with Crippen LogP contribution >= 0.6 is 11.3 Å². The molecule has 0 radical (unpaired) electrons. The molecule has 4 heteroatoms. The largest absolute Gasteiger partial charge is 0.388 e. The van der Waals surface area contributed by atoms with Crippen molar-refractivity contribution in [1.29, 1.82) is 0 Å². The van der Waals surface area contributed by atoms with Gasteiger partial charge in [-0.15, -0.1) is 11.3 Å². The van der Waals surface area contributed by atoms with E-state index in [4.69, 9.17) is 0 Å². The molecular weight excluding hydrogens is 330 g/mol. The number of benzene rings is 1. The van der Waals surface area contributed by atoms with Crippen LogP contribution in [0.2, 0.25) is 0 Å². The SMILES string of the molecule is CCCc1cc(C(=O)N2CCC([C@@H](O)c3ccccc3)CC2)sc1C. The van der Waals surface area contributed by atoms with Gasteiger partial charge in [0, 0.05) is 18.0 Å². The molecule has 0 bridgehead atoms. The molecule has 0 saturated carbocycles. The molecule has 25 heavy (non-hydrogen) atoms. The van der Waals surface area contributed by atoms with Gasteiger partial charge < -0.3 is 10.0 Å². The molecule has 2 aromatic rings. The Balaban J connectivity index is 1.60. The van der Waals surface area contributed by atoms with Gasteiger partial charge in [0.15, 0.2) is 0 Å². The van der Waals surface area contributed by atoms with Gasteiger partial charge in [0.2, 0.25) is 0 Å². The fourth-order valence-electron chi connectivity index (χ4n) is 3.64. The summed E-state index contributed by atoms with van der Waals surface area (Å²) in [6.45, 7) is 5.73. The number of carbonyl (C=O) groups excluding carboxylic acids is 1. The van der Waals surface area contributed by atoms with E-state index in [0.717, 1.165) is 49.2 Å². The minimum Gasteiger partial charge on any atom is -0.388 e. The van der Waals surface area contributed by atoms with E-state index in [1.807, 2.05) is 35.2 Å². The van der Waals surface area contributed by atoms with Gasteiger partial charge in [-0.3, -0.25) is 4.79 Å². The van der Waals surface area contributed by atoms with Crippen LogP contribution in [0.1, 0.15) is 58.0 Å². The quantitative estimate of drug-likeness (QED) is 0.850. The van der Waals surface area contributed by atoms with E-state index in [1.165, 1.54) is 10.4 Å². The number of carbonyl (C=O) groups is 1. The fourth-order valence-corrected chi connectivity index (χ4v) is 4.68. The molecule has 1 amide bonds. The second-order valence-electron chi connectivity index (χ2n) is 6.93. The van der Waals surface area contributed by atoms with Crippen LogP contribution in [0, 0.1) is 12.8 Å². The Hall–Kier alpha value is -1.65. The Morgan fingerprint density at radius 3 is 2.60 bits per heavy atom. The van der Waals surface area contributed by atoms with Crippen LogP contribution in [0.3, 0.4) is 0 Å². The lowest BCUT2D eigenvalue weighted by atomic mass is 9.87. The maximum absolute atomic E-state index is 12.8. The normalized spacial score (nSPS) is 16.8. The van der Waals surface area contributed by atoms with Crippen molar-refractivity contribution in [2.24, 2.45) is 5.92 Å². The molecule has 1 aromatic heterocycles. The van der Waals surface area contributed by atoms with Gasteiger partial charge >= 0.3 is 0 Å². The minimum atomic E-state index is -0.432. The molecular formula is C21H27NO2S. The van der Waals surface area contributed by atoms with E-state index >= 15 is 0 Å². The third kappa shape index (κ3) is 4.13. The predicted molar refractivity (Wildman–Crippen MR) is 103 cm³/mol. The second kappa shape index (κ2) is 8.15. The van der Waals surface area contributed by atoms with E-state index < -0.39 is 6.10 Å². The number of nitrogens with zero attached hydrogens (tertiary/aromatic N) is 1. The van der Waals surface area contributed by atoms with Gasteiger partial charge in [0.25, 0.3) is 5.91 Å². The van der Waals surface area contributed by atoms with Crippen LogP contribution in [0.25, 0.3) is 0 Å². The monoisotopic (exact) mass is 357 g/mol. The van der Waals surface area contributed by atoms with Crippen molar-refractivity contribution in [3.63, 3.8) is 0 Å². The summed E-state index contributed by atoms with van der Waals surface area (Å²) in [5.74, 6) is 0.385. The molecule has 1 atom stereocenters. The predicted octanol–water partition coefficient (Wildman–Crippen LogP) is 4.59. The van der Waals surface area contributed by atoms with E-state index in [0.29, 0.717) is 0 Å². The van der Waals surface area contributed by atoms with Gasteiger partial charge in [-0.25, -0.2) is 0 Å². The number of thiophene rings is 1. The van der Waals surface area contributed by atoms with E-state index in [-0.39, 0.29) is 11.8 Å². The van der Waals surface area contributed by atoms with Gasteiger partial charge in [-0.2, -0.15) is 0 Å². The zero-order valence-electron chi connectivity index (χ0n) is 15.1. The first-order chi connectivity index (χ1) is 12.1. The molecule has 2 heterocycles. The molecule has 1 aromatic carbocycles. The van der Waals surface area contributed by atoms with Gasteiger partial charge in [-0.1, -0.05) is 43.7 Å². The van der Waals surface area contributed by atoms with Crippen molar-refractivity contribution < 1.29 is 9.90 Å². The summed E-state index contributed by atoms with van der Waals surface area (Å²) in [7, 11) is 0. The van der Waals surface area contributed by atoms with E-state index in [1.54, 1.807) is 11.3 Å². The molecule has 1 saturated heterocycles. The van der Waals surface area contributed by atoms with E-state index in [9.17, 15) is 9.90 Å². The Morgan fingerprint density at radius 2 is 1.96 bits per heavy atom. The number of aryl methyl sites for hydroxylation is 2. The summed E-state index contributed by atoms with van der Waals surface area (Å²) in [6, 6.07) is 11.9. The van der Waals surface area contributed by atoms with Crippen molar-refractivity contribution in [1.82, 2.24) is 4.90 Å². The lowest BCUT2D eigenvalue weighted by Gasteiger charge is -2.34. The maximum atomic E-state index is 12.8. The molecule has 3 nitrogen and oxygen atoms in total. The van der Waals surface area contributed by atoms with Gasteiger partial charge in [0.05, 0.1) is 11.0 Å². The third-order valence-electron chi connectivity index (χ3n) is 5.17. The summed E-state index contributed by atoms with van der Waals surface area (Å²) in [6.07, 6.45) is 3.43. The van der Waals surface area contributed by atoms with E-state index in [2.05, 4.69) is 19.9 Å². The maximum Gasteiger partial charge on any atom is 0.263 e. The van der Waals surface area contributed by atoms with Crippen LogP contribution in [-0.4, -0.2) is 29.0 Å². The first-order valence-corrected chi connectivity index (χ1v) is 10.0. The first kappa shape index (κ1) is 18.2. The lowest BCUT2D eigenvalue weighted by molar-refractivity contribution is 0.0465. The van der Waals surface area contributed by atoms with Crippen LogP contribution in [0.4, 0.5) is 0 Å². The summed E-state index contributed by atoms with van der Waals surface area (Å²) < 4.78 is 0. The summed E-state index contributed by atoms with van der Waals surface area (Å²) in [5.41, 5.74) is 2.29. The molecule has 134 valence electrons. The number of piperidine rings is 1. The molecule has 1 N–H and O–H groups in total. The average Bonchev–Trinajstić information content (AvgIpc) is 3.02. The number of aliphatic hydroxyl groups excluding tert-OH is 1. The number of amides is 1. The highest BCUT2D eigenvalue weighted by Crippen LogP contribution is 2.32. The lowest BCUT2D eigenvalue weighted by Crippen LogP contribution is -2.39. The fraction of sp³-hybridized carbons (Fsp3) is 0.476. The van der Waals surface area contributed by atoms with Crippen LogP contribution in [0.5, 0.6) is 0 Å². The Labute approximate surface area is 154 Å². The molecule has 1 fully saturated rings. The molecule has 1 aliphatic heterocycles. The van der Waals surface area contributed by atoms with Crippen molar-refractivity contribution in [2.75, 3.05) is 13.1 Å². The zero-order valence-corrected chi connectivity index (χ0v) is 15.9. The number of rotatable bonds is 5. The van der Waals surface area contributed by atoms with Crippen LogP contribution in [-0.2, 0) is 6.42 Å². The standard InChI is InChI=1S/C21H27NO2S/c1-3-7-18-14-19(25-15(18)2)21(24)22-12-10-17(11-13-22)20(23)16-8-5-4-6-9-16/h4-6,8-9,14,17,20,23H,3,7,10-13H2,1-2H3/t20-/m0/s1. The molecule has 0 unspecified atom stereocenters. The number of aliphatic hydroxyl groups is 1. The Bertz CT molecular complexity index is 702. The van der Waals surface area contributed by atoms with Crippen molar-refractivity contribution >= 4 is 17.2 Å². The molecule has 1 aliphatic rings. The number of likely N-dealkylation sites (tertiary alicyclic amines) is 1. The number of hydrogen-bond acceptors (Lipinski definition) is 3. The highest BCUT2D eigenvalue weighted by atomic mass is 32.1. The van der Waals surface area contributed by atoms with Crippen molar-refractivity contribution in [3.05, 3.63) is 57.3 Å². The molecule has 3 rings (SSSR count). The average molecular weight is 358 g/mol. The highest BCUT2D eigenvalue weighted by Gasteiger charge is 2.29. The smallest absolute Gasteiger partial charge is 0.263 e. The first-order valence-electron chi connectivity index (χ1n) is 9.21. The summed E-state index contributed by atoms with van der Waals surface area (Å²) in [5, 5.41) is 10.6. The van der Waals surface area contributed by atoms with Gasteiger partial charge in [-0.05, 0) is 49.3 Å². The topological polar surface area (TPSA) is 40.5 Å². The number of hydrogen-bond donors (Lipinski definition) is 1. The minimum absolute atomic E-state index is 0.156. The van der Waals surface area contributed by atoms with Crippen LogP contribution in [0.15, 0.2) is 36.4 Å². The highest BCUT2D eigenvalue weighted by molar-refractivity contribution is 7.14. The second-order valence-corrected chi connectivity index (χ2v) is 8.18. The summed E-state index contributed by atoms with van der Waals surface area (Å²) >= 11 is 1.62. The van der Waals surface area contributed by atoms with Crippen molar-refractivity contribution in [3.8, 4) is 0 Å². The van der Waals surface area contributed by atoms with Gasteiger partial charge in [0.1, 0.15) is 0 Å². The molecule has 0 aliphatic carbocycles. The molecule has 0 spiro atoms. The third-order valence-corrected chi connectivity index (χ3v) is 6.25.